The number of benzene rings is 1. The third kappa shape index (κ3) is 4.66. The maximum Gasteiger partial charge on any atom is 0.387 e. The Bertz CT molecular complexity index is 728. The lowest BCUT2D eigenvalue weighted by molar-refractivity contribution is -0.0508. The molecule has 1 aromatic heterocycles. The molecule has 0 aliphatic carbocycles. The second-order valence-electron chi connectivity index (χ2n) is 6.65. The van der Waals surface area contributed by atoms with Crippen LogP contribution >= 0.6 is 0 Å². The molecule has 1 aliphatic rings. The Kier molecular flexibility index (Phi) is 5.98. The van der Waals surface area contributed by atoms with Gasteiger partial charge in [-0.05, 0) is 32.4 Å². The number of aryl methyl sites for hydroxylation is 1. The van der Waals surface area contributed by atoms with E-state index >= 15 is 0 Å². The molecule has 0 saturated carbocycles. The molecule has 26 heavy (non-hydrogen) atoms. The van der Waals surface area contributed by atoms with E-state index in [0.29, 0.717) is 12.6 Å². The molecule has 3 rings (SSSR count). The third-order valence-corrected chi connectivity index (χ3v) is 4.76. The summed E-state index contributed by atoms with van der Waals surface area (Å²) in [5, 5.41) is 0. The number of nitrogens with zero attached hydrogens (tertiary/aromatic N) is 4. The molecule has 0 amide bonds. The van der Waals surface area contributed by atoms with Crippen LogP contribution in [0.5, 0.6) is 5.75 Å². The number of halogens is 2. The number of rotatable bonds is 6. The van der Waals surface area contributed by atoms with Gasteiger partial charge in [-0.3, -0.25) is 4.90 Å². The number of ether oxygens (including phenoxy) is 1. The fraction of sp³-hybridized carbons (Fsp3) is 0.474. The zero-order chi connectivity index (χ0) is 18.5. The highest BCUT2D eigenvalue weighted by Gasteiger charge is 2.25. The monoisotopic (exact) mass is 362 g/mol. The fourth-order valence-corrected chi connectivity index (χ4v) is 3.40. The van der Waals surface area contributed by atoms with Gasteiger partial charge >= 0.3 is 6.61 Å². The number of hydrogen-bond donors (Lipinski definition) is 0. The van der Waals surface area contributed by atoms with Crippen LogP contribution < -0.4 is 9.64 Å². The lowest BCUT2D eigenvalue weighted by Gasteiger charge is -2.38. The Balaban J connectivity index is 1.67. The zero-order valence-corrected chi connectivity index (χ0v) is 15.1. The Labute approximate surface area is 152 Å². The number of likely N-dealkylation sites (tertiary alicyclic amines) is 1. The molecule has 140 valence electrons. The van der Waals surface area contributed by atoms with Gasteiger partial charge in [-0.1, -0.05) is 18.2 Å². The maximum atomic E-state index is 12.6. The molecule has 7 heteroatoms. The van der Waals surface area contributed by atoms with Crippen molar-refractivity contribution < 1.29 is 13.5 Å². The quantitative estimate of drug-likeness (QED) is 0.787. The molecule has 0 N–H and O–H groups in total. The Hall–Kier alpha value is -2.28. The molecule has 0 bridgehead atoms. The minimum absolute atomic E-state index is 0.254. The van der Waals surface area contributed by atoms with Crippen LogP contribution in [-0.4, -0.2) is 47.7 Å². The summed E-state index contributed by atoms with van der Waals surface area (Å²) >= 11 is 0. The number of likely N-dealkylation sites (N-methyl/N-ethyl adjacent to an activating group) is 1. The number of hydrogen-bond acceptors (Lipinski definition) is 5. The summed E-state index contributed by atoms with van der Waals surface area (Å²) in [4.78, 5) is 13.0. The van der Waals surface area contributed by atoms with E-state index < -0.39 is 6.61 Å². The van der Waals surface area contributed by atoms with E-state index in [-0.39, 0.29) is 5.75 Å². The summed E-state index contributed by atoms with van der Waals surface area (Å²) in [5.41, 5.74) is 1.72. The van der Waals surface area contributed by atoms with Gasteiger partial charge in [0.05, 0.1) is 0 Å². The SMILES string of the molecule is Cc1cc(N(C)C2CCCN(Cc3ccccc3OC(F)F)C2)ncn1. The average Bonchev–Trinajstić information content (AvgIpc) is 2.62. The van der Waals surface area contributed by atoms with E-state index in [9.17, 15) is 8.78 Å². The maximum absolute atomic E-state index is 12.6. The molecule has 2 heterocycles. The molecule has 0 radical (unpaired) electrons. The largest absolute Gasteiger partial charge is 0.434 e. The van der Waals surface area contributed by atoms with Gasteiger partial charge in [0.1, 0.15) is 17.9 Å². The lowest BCUT2D eigenvalue weighted by Crippen LogP contribution is -2.46. The van der Waals surface area contributed by atoms with E-state index in [1.807, 2.05) is 32.2 Å². The highest BCUT2D eigenvalue weighted by molar-refractivity contribution is 5.39. The van der Waals surface area contributed by atoms with Crippen LogP contribution in [0.25, 0.3) is 0 Å². The Morgan fingerprint density at radius 3 is 2.88 bits per heavy atom. The molecule has 5 nitrogen and oxygen atoms in total. The average molecular weight is 362 g/mol. The molecule has 1 aliphatic heterocycles. The van der Waals surface area contributed by atoms with Crippen molar-refractivity contribution in [3.63, 3.8) is 0 Å². The summed E-state index contributed by atoms with van der Waals surface area (Å²) < 4.78 is 29.9. The van der Waals surface area contributed by atoms with Crippen LogP contribution in [0.1, 0.15) is 24.1 Å². The van der Waals surface area contributed by atoms with Crippen LogP contribution in [0.4, 0.5) is 14.6 Å². The third-order valence-electron chi connectivity index (χ3n) is 4.76. The predicted octanol–water partition coefficient (Wildman–Crippen LogP) is 3.49. The topological polar surface area (TPSA) is 41.5 Å². The summed E-state index contributed by atoms with van der Waals surface area (Å²) in [5.74, 6) is 1.16. The van der Waals surface area contributed by atoms with Crippen LogP contribution in [-0.2, 0) is 6.54 Å². The molecular formula is C19H24F2N4O. The molecule has 1 atom stereocenters. The minimum Gasteiger partial charge on any atom is -0.434 e. The zero-order valence-electron chi connectivity index (χ0n) is 15.1. The minimum atomic E-state index is -2.81. The first-order valence-electron chi connectivity index (χ1n) is 8.79. The molecule has 2 aromatic rings. The summed E-state index contributed by atoms with van der Waals surface area (Å²) in [7, 11) is 2.05. The van der Waals surface area contributed by atoms with Crippen molar-refractivity contribution in [2.45, 2.75) is 39.0 Å². The van der Waals surface area contributed by atoms with Crippen LogP contribution in [0.2, 0.25) is 0 Å². The van der Waals surface area contributed by atoms with E-state index in [2.05, 4.69) is 24.5 Å². The molecular weight excluding hydrogens is 338 g/mol. The van der Waals surface area contributed by atoms with Gasteiger partial charge in [-0.2, -0.15) is 8.78 Å². The molecule has 1 aromatic carbocycles. The van der Waals surface area contributed by atoms with Crippen LogP contribution in [0.3, 0.4) is 0 Å². The number of aromatic nitrogens is 2. The van der Waals surface area contributed by atoms with Crippen molar-refractivity contribution >= 4 is 5.82 Å². The standard InChI is InChI=1S/C19H24F2N4O/c1-14-10-18(23-13-22-14)24(2)16-7-5-9-25(12-16)11-15-6-3-4-8-17(15)26-19(20)21/h3-4,6,8,10,13,16,19H,5,7,9,11-12H2,1-2H3. The van der Waals surface area contributed by atoms with Gasteiger partial charge in [0.15, 0.2) is 0 Å². The molecule has 0 spiro atoms. The molecule has 1 fully saturated rings. The lowest BCUT2D eigenvalue weighted by atomic mass is 10.0. The van der Waals surface area contributed by atoms with E-state index in [4.69, 9.17) is 0 Å². The number of anilines is 1. The molecule has 1 saturated heterocycles. The van der Waals surface area contributed by atoms with Crippen LogP contribution in [0, 0.1) is 6.92 Å². The van der Waals surface area contributed by atoms with Gasteiger partial charge in [0.25, 0.3) is 0 Å². The number of para-hydroxylation sites is 1. The summed E-state index contributed by atoms with van der Waals surface area (Å²) in [6.45, 7) is 1.53. The first kappa shape index (κ1) is 18.5. The van der Waals surface area contributed by atoms with Gasteiger partial charge in [0, 0.05) is 43.5 Å². The van der Waals surface area contributed by atoms with Crippen molar-refractivity contribution in [3.05, 3.63) is 47.9 Å². The van der Waals surface area contributed by atoms with E-state index in [1.165, 1.54) is 0 Å². The van der Waals surface area contributed by atoms with Crippen LogP contribution in [0.15, 0.2) is 36.7 Å². The van der Waals surface area contributed by atoms with Gasteiger partial charge < -0.3 is 9.64 Å². The second-order valence-corrected chi connectivity index (χ2v) is 6.65. The van der Waals surface area contributed by atoms with Crippen molar-refractivity contribution in [1.29, 1.82) is 0 Å². The highest BCUT2D eigenvalue weighted by atomic mass is 19.3. The second kappa shape index (κ2) is 8.40. The van der Waals surface area contributed by atoms with Crippen molar-refractivity contribution in [1.82, 2.24) is 14.9 Å². The highest BCUT2D eigenvalue weighted by Crippen LogP contribution is 2.25. The predicted molar refractivity (Wildman–Crippen MR) is 96.5 cm³/mol. The number of piperidine rings is 1. The van der Waals surface area contributed by atoms with Crippen molar-refractivity contribution in [3.8, 4) is 5.75 Å². The normalized spacial score (nSPS) is 18.1. The van der Waals surface area contributed by atoms with E-state index in [1.54, 1.807) is 18.5 Å². The summed E-state index contributed by atoms with van der Waals surface area (Å²) in [6, 6.07) is 9.31. The molecule has 1 unspecified atom stereocenters. The van der Waals surface area contributed by atoms with Gasteiger partial charge in [-0.15, -0.1) is 0 Å². The first-order valence-corrected chi connectivity index (χ1v) is 8.79. The number of alkyl halides is 2. The van der Waals surface area contributed by atoms with Crippen molar-refractivity contribution in [2.24, 2.45) is 0 Å². The fourth-order valence-electron chi connectivity index (χ4n) is 3.40. The first-order chi connectivity index (χ1) is 12.5. The van der Waals surface area contributed by atoms with Crippen molar-refractivity contribution in [2.75, 3.05) is 25.0 Å². The Morgan fingerprint density at radius 1 is 1.31 bits per heavy atom. The van der Waals surface area contributed by atoms with E-state index in [0.717, 1.165) is 43.0 Å². The smallest absolute Gasteiger partial charge is 0.387 e. The van der Waals surface area contributed by atoms with Gasteiger partial charge in [0.2, 0.25) is 0 Å². The van der Waals surface area contributed by atoms with Gasteiger partial charge in [-0.25, -0.2) is 9.97 Å². The summed E-state index contributed by atoms with van der Waals surface area (Å²) in [6.07, 6.45) is 3.71. The Morgan fingerprint density at radius 2 is 2.12 bits per heavy atom.